The molecule has 1 unspecified atom stereocenters. The molecule has 0 aliphatic carbocycles. The highest BCUT2D eigenvalue weighted by Crippen LogP contribution is 2.28. The third-order valence-electron chi connectivity index (χ3n) is 3.62. The van der Waals surface area contributed by atoms with Gasteiger partial charge in [-0.1, -0.05) is 18.2 Å². The SMILES string of the molecule is O=C(O)CC(N1CCN(c2ccccc2)CC1)C(F)(F)F. The normalized spacial score (nSPS) is 18.5. The number of benzene rings is 1. The fraction of sp³-hybridized carbons (Fsp3) is 0.500. The Balaban J connectivity index is 2.00. The van der Waals surface area contributed by atoms with E-state index in [-0.39, 0.29) is 13.1 Å². The fourth-order valence-corrected chi connectivity index (χ4v) is 2.55. The Morgan fingerprint density at radius 2 is 1.71 bits per heavy atom. The van der Waals surface area contributed by atoms with E-state index in [9.17, 15) is 18.0 Å². The van der Waals surface area contributed by atoms with Crippen LogP contribution in [0.25, 0.3) is 0 Å². The van der Waals surface area contributed by atoms with E-state index < -0.39 is 24.6 Å². The summed E-state index contributed by atoms with van der Waals surface area (Å²) in [6, 6.07) is 7.55. The van der Waals surface area contributed by atoms with E-state index in [0.29, 0.717) is 13.1 Å². The van der Waals surface area contributed by atoms with Crippen molar-refractivity contribution in [1.29, 1.82) is 0 Å². The van der Waals surface area contributed by atoms with Crippen LogP contribution in [0.3, 0.4) is 0 Å². The summed E-state index contributed by atoms with van der Waals surface area (Å²) >= 11 is 0. The van der Waals surface area contributed by atoms with Gasteiger partial charge in [-0.25, -0.2) is 0 Å². The second-order valence-electron chi connectivity index (χ2n) is 5.01. The second-order valence-corrected chi connectivity index (χ2v) is 5.01. The molecule has 2 rings (SSSR count). The first-order valence-corrected chi connectivity index (χ1v) is 6.70. The van der Waals surface area contributed by atoms with Crippen molar-refractivity contribution in [3.8, 4) is 0 Å². The monoisotopic (exact) mass is 302 g/mol. The van der Waals surface area contributed by atoms with Crippen LogP contribution < -0.4 is 4.90 Å². The van der Waals surface area contributed by atoms with E-state index in [1.807, 2.05) is 35.2 Å². The molecule has 1 aromatic carbocycles. The molecule has 1 aliphatic rings. The number of hydrogen-bond donors (Lipinski definition) is 1. The number of halogens is 3. The minimum Gasteiger partial charge on any atom is -0.481 e. The van der Waals surface area contributed by atoms with E-state index in [1.165, 1.54) is 4.90 Å². The van der Waals surface area contributed by atoms with Gasteiger partial charge in [-0.15, -0.1) is 0 Å². The van der Waals surface area contributed by atoms with Gasteiger partial charge < -0.3 is 10.0 Å². The molecule has 0 aromatic heterocycles. The van der Waals surface area contributed by atoms with Crippen LogP contribution in [0.1, 0.15) is 6.42 Å². The molecule has 1 saturated heterocycles. The number of carboxylic acid groups (broad SMARTS) is 1. The number of carbonyl (C=O) groups is 1. The highest BCUT2D eigenvalue weighted by Gasteiger charge is 2.45. The number of carboxylic acids is 1. The van der Waals surface area contributed by atoms with Crippen LogP contribution in [0.2, 0.25) is 0 Å². The van der Waals surface area contributed by atoms with Crippen molar-refractivity contribution in [3.63, 3.8) is 0 Å². The minimum atomic E-state index is -4.52. The molecular formula is C14H17F3N2O2. The molecule has 1 aliphatic heterocycles. The maximum absolute atomic E-state index is 13.0. The van der Waals surface area contributed by atoms with E-state index in [2.05, 4.69) is 0 Å². The molecule has 1 aromatic rings. The van der Waals surface area contributed by atoms with Gasteiger partial charge in [-0.2, -0.15) is 13.2 Å². The lowest BCUT2D eigenvalue weighted by Crippen LogP contribution is -2.55. The summed E-state index contributed by atoms with van der Waals surface area (Å²) in [6.45, 7) is 1.31. The van der Waals surface area contributed by atoms with Gasteiger partial charge in [0.1, 0.15) is 6.04 Å². The molecule has 0 saturated carbocycles. The molecule has 0 amide bonds. The zero-order valence-electron chi connectivity index (χ0n) is 11.4. The number of rotatable bonds is 4. The number of hydrogen-bond acceptors (Lipinski definition) is 3. The van der Waals surface area contributed by atoms with Crippen molar-refractivity contribution < 1.29 is 23.1 Å². The standard InChI is InChI=1S/C14H17F3N2O2/c15-14(16,17)12(10-13(20)21)19-8-6-18(7-9-19)11-4-2-1-3-5-11/h1-5,12H,6-10H2,(H,20,21). The van der Waals surface area contributed by atoms with Gasteiger partial charge in [0.25, 0.3) is 0 Å². The van der Waals surface area contributed by atoms with Crippen molar-refractivity contribution in [2.75, 3.05) is 31.1 Å². The summed E-state index contributed by atoms with van der Waals surface area (Å²) in [5.41, 5.74) is 0.971. The summed E-state index contributed by atoms with van der Waals surface area (Å²) in [7, 11) is 0. The van der Waals surface area contributed by atoms with Crippen LogP contribution in [-0.2, 0) is 4.79 Å². The third-order valence-corrected chi connectivity index (χ3v) is 3.62. The van der Waals surface area contributed by atoms with Crippen molar-refractivity contribution in [2.45, 2.75) is 18.6 Å². The van der Waals surface area contributed by atoms with Crippen LogP contribution in [0.15, 0.2) is 30.3 Å². The van der Waals surface area contributed by atoms with Gasteiger partial charge in [0.15, 0.2) is 0 Å². The Morgan fingerprint density at radius 3 is 2.19 bits per heavy atom. The molecule has 0 radical (unpaired) electrons. The summed E-state index contributed by atoms with van der Waals surface area (Å²) in [4.78, 5) is 13.9. The van der Waals surface area contributed by atoms with Crippen molar-refractivity contribution in [2.24, 2.45) is 0 Å². The predicted molar refractivity (Wildman–Crippen MR) is 72.3 cm³/mol. The average Bonchev–Trinajstić information content (AvgIpc) is 2.45. The topological polar surface area (TPSA) is 43.8 Å². The Hall–Kier alpha value is -1.76. The van der Waals surface area contributed by atoms with Gasteiger partial charge in [-0.05, 0) is 12.1 Å². The number of para-hydroxylation sites is 1. The number of anilines is 1. The Kier molecular flexibility index (Phi) is 4.72. The molecule has 4 nitrogen and oxygen atoms in total. The third kappa shape index (κ3) is 4.10. The summed E-state index contributed by atoms with van der Waals surface area (Å²) in [5.74, 6) is -1.43. The molecule has 116 valence electrons. The summed E-state index contributed by atoms with van der Waals surface area (Å²) in [6.07, 6.45) is -5.43. The Morgan fingerprint density at radius 1 is 1.14 bits per heavy atom. The van der Waals surface area contributed by atoms with Crippen LogP contribution in [0.5, 0.6) is 0 Å². The smallest absolute Gasteiger partial charge is 0.404 e. The van der Waals surface area contributed by atoms with Crippen molar-refractivity contribution >= 4 is 11.7 Å². The highest BCUT2D eigenvalue weighted by molar-refractivity contribution is 5.67. The lowest BCUT2D eigenvalue weighted by atomic mass is 10.1. The molecule has 1 atom stereocenters. The molecule has 21 heavy (non-hydrogen) atoms. The number of piperazine rings is 1. The van der Waals surface area contributed by atoms with Crippen LogP contribution in [-0.4, -0.2) is 54.4 Å². The average molecular weight is 302 g/mol. The molecule has 1 fully saturated rings. The van der Waals surface area contributed by atoms with Gasteiger partial charge in [0.05, 0.1) is 6.42 Å². The quantitative estimate of drug-likeness (QED) is 0.926. The molecule has 1 N–H and O–H groups in total. The molecule has 0 bridgehead atoms. The maximum Gasteiger partial charge on any atom is 0.404 e. The zero-order chi connectivity index (χ0) is 15.5. The van der Waals surface area contributed by atoms with E-state index in [4.69, 9.17) is 5.11 Å². The predicted octanol–water partition coefficient (Wildman–Crippen LogP) is 2.21. The van der Waals surface area contributed by atoms with Gasteiger partial charge in [0, 0.05) is 31.9 Å². The van der Waals surface area contributed by atoms with Gasteiger partial charge in [-0.3, -0.25) is 9.69 Å². The van der Waals surface area contributed by atoms with Crippen molar-refractivity contribution in [1.82, 2.24) is 4.90 Å². The van der Waals surface area contributed by atoms with Gasteiger partial charge >= 0.3 is 12.1 Å². The number of alkyl halides is 3. The second kappa shape index (κ2) is 6.34. The molecular weight excluding hydrogens is 285 g/mol. The van der Waals surface area contributed by atoms with Crippen LogP contribution in [0.4, 0.5) is 18.9 Å². The first kappa shape index (κ1) is 15.6. The summed E-state index contributed by atoms with van der Waals surface area (Å²) < 4.78 is 38.9. The number of aliphatic carboxylic acids is 1. The molecule has 0 spiro atoms. The maximum atomic E-state index is 13.0. The van der Waals surface area contributed by atoms with Gasteiger partial charge in [0.2, 0.25) is 0 Å². The zero-order valence-corrected chi connectivity index (χ0v) is 11.4. The molecule has 7 heteroatoms. The Labute approximate surface area is 120 Å². The number of nitrogens with zero attached hydrogens (tertiary/aromatic N) is 2. The first-order chi connectivity index (χ1) is 9.88. The van der Waals surface area contributed by atoms with Crippen LogP contribution in [0, 0.1) is 0 Å². The fourth-order valence-electron chi connectivity index (χ4n) is 2.55. The largest absolute Gasteiger partial charge is 0.481 e. The highest BCUT2D eigenvalue weighted by atomic mass is 19.4. The molecule has 1 heterocycles. The van der Waals surface area contributed by atoms with E-state index in [0.717, 1.165) is 5.69 Å². The van der Waals surface area contributed by atoms with Crippen molar-refractivity contribution in [3.05, 3.63) is 30.3 Å². The lowest BCUT2D eigenvalue weighted by molar-refractivity contribution is -0.191. The Bertz CT molecular complexity index is 471. The van der Waals surface area contributed by atoms with E-state index in [1.54, 1.807) is 0 Å². The minimum absolute atomic E-state index is 0.201. The van der Waals surface area contributed by atoms with Crippen LogP contribution >= 0.6 is 0 Å². The summed E-state index contributed by atoms with van der Waals surface area (Å²) in [5, 5.41) is 8.67. The van der Waals surface area contributed by atoms with E-state index >= 15 is 0 Å². The lowest BCUT2D eigenvalue weighted by Gasteiger charge is -2.40. The first-order valence-electron chi connectivity index (χ1n) is 6.70.